The lowest BCUT2D eigenvalue weighted by atomic mass is 10.0. The average molecular weight is 190 g/mol. The standard InChI is InChI=1S/C10H10N2O2/c1-2-4-8-7(3-1)5-9-11-12-10(8)14-6-13-9/h1-4,9,11H,5-6H2. The number of rotatable bonds is 0. The van der Waals surface area contributed by atoms with Crippen molar-refractivity contribution in [1.29, 1.82) is 0 Å². The molecule has 0 amide bonds. The molecule has 3 rings (SSSR count). The fraction of sp³-hybridized carbons (Fsp3) is 0.300. The summed E-state index contributed by atoms with van der Waals surface area (Å²) in [6, 6.07) is 8.09. The third kappa shape index (κ3) is 1.15. The largest absolute Gasteiger partial charge is 0.449 e. The van der Waals surface area contributed by atoms with Gasteiger partial charge in [-0.1, -0.05) is 18.2 Å². The number of nitrogens with one attached hydrogen (secondary N) is 1. The highest BCUT2D eigenvalue weighted by Gasteiger charge is 2.23. The Kier molecular flexibility index (Phi) is 1.67. The van der Waals surface area contributed by atoms with Crippen molar-refractivity contribution in [2.75, 3.05) is 6.79 Å². The summed E-state index contributed by atoms with van der Waals surface area (Å²) in [6.07, 6.45) is 0.753. The molecule has 0 spiro atoms. The lowest BCUT2D eigenvalue weighted by Crippen LogP contribution is -2.29. The number of hydrogen-bond acceptors (Lipinski definition) is 4. The molecule has 0 aromatic heterocycles. The van der Waals surface area contributed by atoms with Crippen LogP contribution in [0.1, 0.15) is 11.1 Å². The highest BCUT2D eigenvalue weighted by Crippen LogP contribution is 2.18. The zero-order chi connectivity index (χ0) is 9.38. The molecule has 1 aromatic rings. The van der Waals surface area contributed by atoms with Crippen LogP contribution in [0.2, 0.25) is 0 Å². The van der Waals surface area contributed by atoms with Gasteiger partial charge in [0.25, 0.3) is 0 Å². The van der Waals surface area contributed by atoms with E-state index in [0.29, 0.717) is 5.90 Å². The molecule has 14 heavy (non-hydrogen) atoms. The molecule has 1 atom stereocenters. The Morgan fingerprint density at radius 3 is 3.29 bits per heavy atom. The van der Waals surface area contributed by atoms with Crippen LogP contribution in [0.15, 0.2) is 29.4 Å². The fourth-order valence-corrected chi connectivity index (χ4v) is 1.72. The van der Waals surface area contributed by atoms with E-state index in [9.17, 15) is 0 Å². The molecule has 0 radical (unpaired) electrons. The Bertz CT molecular complexity index is 389. The number of hydrogen-bond donors (Lipinski definition) is 1. The highest BCUT2D eigenvalue weighted by molar-refractivity contribution is 5.95. The Labute approximate surface area is 81.5 Å². The predicted octanol–water partition coefficient (Wildman–Crippen LogP) is 0.824. The van der Waals surface area contributed by atoms with Crippen molar-refractivity contribution in [2.45, 2.75) is 12.6 Å². The van der Waals surface area contributed by atoms with Crippen molar-refractivity contribution in [3.63, 3.8) is 0 Å². The summed E-state index contributed by atoms with van der Waals surface area (Å²) >= 11 is 0. The Hall–Kier alpha value is -1.55. The number of hydrazone groups is 1. The molecule has 4 heteroatoms. The highest BCUT2D eigenvalue weighted by atomic mass is 16.7. The molecule has 2 heterocycles. The lowest BCUT2D eigenvalue weighted by molar-refractivity contribution is -0.0464. The van der Waals surface area contributed by atoms with Gasteiger partial charge in [0.1, 0.15) is 0 Å². The molecule has 1 unspecified atom stereocenters. The van der Waals surface area contributed by atoms with Crippen molar-refractivity contribution < 1.29 is 9.47 Å². The van der Waals surface area contributed by atoms with E-state index >= 15 is 0 Å². The Morgan fingerprint density at radius 2 is 2.29 bits per heavy atom. The summed E-state index contributed by atoms with van der Waals surface area (Å²) in [5, 5.41) is 4.15. The molecule has 2 aliphatic heterocycles. The smallest absolute Gasteiger partial charge is 0.240 e. The first-order chi connectivity index (χ1) is 6.93. The summed E-state index contributed by atoms with van der Waals surface area (Å²) in [5.41, 5.74) is 5.20. The van der Waals surface area contributed by atoms with Crippen LogP contribution in [0.25, 0.3) is 0 Å². The number of benzene rings is 1. The molecule has 1 aromatic carbocycles. The van der Waals surface area contributed by atoms with Gasteiger partial charge in [-0.25, -0.2) is 0 Å². The maximum atomic E-state index is 5.38. The van der Waals surface area contributed by atoms with E-state index in [1.807, 2.05) is 18.2 Å². The predicted molar refractivity (Wildman–Crippen MR) is 50.6 cm³/mol. The third-order valence-corrected chi connectivity index (χ3v) is 2.43. The molecule has 72 valence electrons. The SMILES string of the molecule is c1ccc2c(c1)CC1NN=C2OCO1. The van der Waals surface area contributed by atoms with Gasteiger partial charge in [0.15, 0.2) is 13.0 Å². The maximum absolute atomic E-state index is 5.38. The third-order valence-electron chi connectivity index (χ3n) is 2.43. The lowest BCUT2D eigenvalue weighted by Gasteiger charge is -2.17. The minimum Gasteiger partial charge on any atom is -0.449 e. The summed E-state index contributed by atoms with van der Waals surface area (Å²) < 4.78 is 10.7. The minimum atomic E-state index is -0.0730. The van der Waals surface area contributed by atoms with Gasteiger partial charge in [-0.15, -0.1) is 5.10 Å². The molecule has 0 saturated heterocycles. The van der Waals surface area contributed by atoms with Gasteiger partial charge in [-0.2, -0.15) is 0 Å². The van der Waals surface area contributed by atoms with Crippen LogP contribution in [0.5, 0.6) is 0 Å². The van der Waals surface area contributed by atoms with E-state index in [0.717, 1.165) is 12.0 Å². The first-order valence-corrected chi connectivity index (χ1v) is 4.59. The quantitative estimate of drug-likeness (QED) is 0.658. The molecule has 2 aliphatic rings. The van der Waals surface area contributed by atoms with Crippen LogP contribution in [-0.4, -0.2) is 18.9 Å². The van der Waals surface area contributed by atoms with Crippen molar-refractivity contribution in [2.24, 2.45) is 5.10 Å². The zero-order valence-corrected chi connectivity index (χ0v) is 7.56. The topological polar surface area (TPSA) is 42.9 Å². The summed E-state index contributed by atoms with van der Waals surface area (Å²) in [5.74, 6) is 0.626. The molecule has 4 nitrogen and oxygen atoms in total. The van der Waals surface area contributed by atoms with Gasteiger partial charge in [0, 0.05) is 12.0 Å². The van der Waals surface area contributed by atoms with E-state index in [1.165, 1.54) is 5.56 Å². The van der Waals surface area contributed by atoms with E-state index in [1.54, 1.807) is 0 Å². The van der Waals surface area contributed by atoms with Crippen LogP contribution < -0.4 is 5.43 Å². The molecule has 0 saturated carbocycles. The summed E-state index contributed by atoms with van der Waals surface area (Å²) in [4.78, 5) is 0. The van der Waals surface area contributed by atoms with E-state index in [2.05, 4.69) is 16.6 Å². The van der Waals surface area contributed by atoms with Gasteiger partial charge < -0.3 is 9.47 Å². The Balaban J connectivity index is 2.14. The zero-order valence-electron chi connectivity index (χ0n) is 7.56. The number of fused-ring (bicyclic) bond motifs is 4. The van der Waals surface area contributed by atoms with Crippen LogP contribution in [0.4, 0.5) is 0 Å². The minimum absolute atomic E-state index is 0.0730. The first-order valence-electron chi connectivity index (χ1n) is 4.59. The maximum Gasteiger partial charge on any atom is 0.240 e. The van der Waals surface area contributed by atoms with Crippen LogP contribution in [-0.2, 0) is 15.9 Å². The number of ether oxygens (including phenoxy) is 2. The summed E-state index contributed by atoms with van der Waals surface area (Å²) in [6.45, 7) is 0.269. The van der Waals surface area contributed by atoms with Gasteiger partial charge in [-0.3, -0.25) is 5.43 Å². The monoisotopic (exact) mass is 190 g/mol. The van der Waals surface area contributed by atoms with Crippen molar-refractivity contribution in [1.82, 2.24) is 5.43 Å². The molecule has 0 aliphatic carbocycles. The van der Waals surface area contributed by atoms with Crippen LogP contribution in [0.3, 0.4) is 0 Å². The van der Waals surface area contributed by atoms with Crippen molar-refractivity contribution in [3.05, 3.63) is 35.4 Å². The fourth-order valence-electron chi connectivity index (χ4n) is 1.72. The van der Waals surface area contributed by atoms with Gasteiger partial charge in [0.2, 0.25) is 5.90 Å². The van der Waals surface area contributed by atoms with Gasteiger partial charge >= 0.3 is 0 Å². The average Bonchev–Trinajstić information content (AvgIpc) is 2.50. The van der Waals surface area contributed by atoms with Crippen LogP contribution in [0, 0.1) is 0 Å². The molecule has 2 bridgehead atoms. The number of nitrogens with zero attached hydrogens (tertiary/aromatic N) is 1. The second-order valence-corrected chi connectivity index (χ2v) is 3.32. The van der Waals surface area contributed by atoms with Gasteiger partial charge in [-0.05, 0) is 11.6 Å². The summed E-state index contributed by atoms with van der Waals surface area (Å²) in [7, 11) is 0. The van der Waals surface area contributed by atoms with E-state index in [-0.39, 0.29) is 13.0 Å². The van der Waals surface area contributed by atoms with Crippen molar-refractivity contribution in [3.8, 4) is 0 Å². The normalized spacial score (nSPS) is 23.7. The van der Waals surface area contributed by atoms with Gasteiger partial charge in [0.05, 0.1) is 0 Å². The molecular formula is C10H10N2O2. The second kappa shape index (κ2) is 2.99. The Morgan fingerprint density at radius 1 is 1.36 bits per heavy atom. The van der Waals surface area contributed by atoms with Crippen LogP contribution >= 0.6 is 0 Å². The van der Waals surface area contributed by atoms with E-state index < -0.39 is 0 Å². The molecule has 1 N–H and O–H groups in total. The molecule has 0 fully saturated rings. The first kappa shape index (κ1) is 7.82. The van der Waals surface area contributed by atoms with Crippen molar-refractivity contribution >= 4 is 5.90 Å². The second-order valence-electron chi connectivity index (χ2n) is 3.32. The molecular weight excluding hydrogens is 180 g/mol. The van der Waals surface area contributed by atoms with E-state index in [4.69, 9.17) is 9.47 Å².